The van der Waals surface area contributed by atoms with Gasteiger partial charge in [0.15, 0.2) is 0 Å². The molecule has 0 radical (unpaired) electrons. The third kappa shape index (κ3) is 4.51. The SMILES string of the molecule is CCCCCCCCCn1[nH]c(=O)[nH]c1=O. The predicted molar refractivity (Wildman–Crippen MR) is 63.7 cm³/mol. The molecule has 1 heterocycles. The lowest BCUT2D eigenvalue weighted by atomic mass is 10.1. The van der Waals surface area contributed by atoms with E-state index >= 15 is 0 Å². The Kier molecular flexibility index (Phi) is 5.67. The first-order valence-electron chi connectivity index (χ1n) is 6.13. The van der Waals surface area contributed by atoms with Gasteiger partial charge in [-0.15, -0.1) is 0 Å². The van der Waals surface area contributed by atoms with Crippen LogP contribution in [0.4, 0.5) is 0 Å². The Morgan fingerprint density at radius 2 is 1.62 bits per heavy atom. The van der Waals surface area contributed by atoms with Crippen molar-refractivity contribution in [2.45, 2.75) is 58.4 Å². The molecule has 0 aliphatic heterocycles. The van der Waals surface area contributed by atoms with E-state index in [-0.39, 0.29) is 5.69 Å². The standard InChI is InChI=1S/C11H21N3O2/c1-2-3-4-5-6-7-8-9-14-11(16)12-10(15)13-14/h2-9H2,1H3,(H2,12,13,15,16). The molecule has 0 fully saturated rings. The topological polar surface area (TPSA) is 70.7 Å². The van der Waals surface area contributed by atoms with Gasteiger partial charge in [0.2, 0.25) is 0 Å². The average molecular weight is 227 g/mol. The van der Waals surface area contributed by atoms with Crippen LogP contribution in [0.2, 0.25) is 0 Å². The van der Waals surface area contributed by atoms with Crippen LogP contribution in [-0.2, 0) is 6.54 Å². The van der Waals surface area contributed by atoms with Crippen LogP contribution in [0.5, 0.6) is 0 Å². The summed E-state index contributed by atoms with van der Waals surface area (Å²) in [7, 11) is 0. The molecule has 0 saturated carbocycles. The van der Waals surface area contributed by atoms with Gasteiger partial charge in [-0.3, -0.25) is 4.98 Å². The first kappa shape index (κ1) is 12.8. The van der Waals surface area contributed by atoms with Crippen molar-refractivity contribution < 1.29 is 0 Å². The van der Waals surface area contributed by atoms with E-state index in [0.29, 0.717) is 6.54 Å². The fourth-order valence-electron chi connectivity index (χ4n) is 1.75. The van der Waals surface area contributed by atoms with Crippen LogP contribution >= 0.6 is 0 Å². The summed E-state index contributed by atoms with van der Waals surface area (Å²) < 4.78 is 1.34. The molecule has 92 valence electrons. The summed E-state index contributed by atoms with van der Waals surface area (Å²) >= 11 is 0. The van der Waals surface area contributed by atoms with E-state index in [1.807, 2.05) is 0 Å². The zero-order valence-corrected chi connectivity index (χ0v) is 9.92. The Bertz CT molecular complexity index is 388. The van der Waals surface area contributed by atoms with E-state index in [1.165, 1.54) is 36.8 Å². The molecule has 0 spiro atoms. The normalized spacial score (nSPS) is 10.8. The zero-order chi connectivity index (χ0) is 11.8. The summed E-state index contributed by atoms with van der Waals surface area (Å²) in [6, 6.07) is 0. The lowest BCUT2D eigenvalue weighted by Crippen LogP contribution is -2.18. The molecule has 0 saturated heterocycles. The third-order valence-electron chi connectivity index (χ3n) is 2.69. The second kappa shape index (κ2) is 7.09. The molecule has 0 atom stereocenters. The summed E-state index contributed by atoms with van der Waals surface area (Å²) in [6.45, 7) is 2.81. The van der Waals surface area contributed by atoms with Crippen molar-refractivity contribution >= 4 is 0 Å². The number of hydrogen-bond acceptors (Lipinski definition) is 2. The molecule has 16 heavy (non-hydrogen) atoms. The molecule has 0 aliphatic carbocycles. The smallest absolute Gasteiger partial charge is 0.257 e. The fraction of sp³-hybridized carbons (Fsp3) is 0.818. The second-order valence-corrected chi connectivity index (χ2v) is 4.14. The maximum Gasteiger partial charge on any atom is 0.344 e. The molecule has 0 bridgehead atoms. The lowest BCUT2D eigenvalue weighted by molar-refractivity contribution is 0.511. The third-order valence-corrected chi connectivity index (χ3v) is 2.69. The number of aromatic nitrogens is 3. The van der Waals surface area contributed by atoms with Crippen LogP contribution < -0.4 is 11.4 Å². The first-order valence-corrected chi connectivity index (χ1v) is 6.13. The fourth-order valence-corrected chi connectivity index (χ4v) is 1.75. The van der Waals surface area contributed by atoms with Crippen molar-refractivity contribution in [2.75, 3.05) is 0 Å². The highest BCUT2D eigenvalue weighted by molar-refractivity contribution is 4.61. The van der Waals surface area contributed by atoms with E-state index in [9.17, 15) is 9.59 Å². The number of nitrogens with zero attached hydrogens (tertiary/aromatic N) is 1. The molecule has 5 heteroatoms. The maximum absolute atomic E-state index is 11.1. The summed E-state index contributed by atoms with van der Waals surface area (Å²) in [5.41, 5.74) is -0.760. The molecule has 1 aromatic rings. The minimum absolute atomic E-state index is 0.337. The van der Waals surface area contributed by atoms with E-state index in [4.69, 9.17) is 0 Å². The quantitative estimate of drug-likeness (QED) is 0.662. The summed E-state index contributed by atoms with van der Waals surface area (Å²) in [5.74, 6) is 0. The lowest BCUT2D eigenvalue weighted by Gasteiger charge is -2.01. The first-order chi connectivity index (χ1) is 7.74. The number of aryl methyl sites for hydroxylation is 1. The van der Waals surface area contributed by atoms with Crippen molar-refractivity contribution in [3.8, 4) is 0 Å². The monoisotopic (exact) mass is 227 g/mol. The average Bonchev–Trinajstić information content (AvgIpc) is 2.56. The number of rotatable bonds is 8. The zero-order valence-electron chi connectivity index (χ0n) is 9.92. The van der Waals surface area contributed by atoms with Crippen LogP contribution in [0.15, 0.2) is 9.59 Å². The Hall–Kier alpha value is -1.26. The van der Waals surface area contributed by atoms with E-state index in [0.717, 1.165) is 12.8 Å². The maximum atomic E-state index is 11.1. The van der Waals surface area contributed by atoms with Crippen LogP contribution in [0, 0.1) is 0 Å². The molecule has 1 aromatic heterocycles. The van der Waals surface area contributed by atoms with Crippen molar-refractivity contribution in [3.05, 3.63) is 21.0 Å². The van der Waals surface area contributed by atoms with Gasteiger partial charge in [0.05, 0.1) is 0 Å². The number of hydrogen-bond donors (Lipinski definition) is 2. The number of unbranched alkanes of at least 4 members (excludes halogenated alkanes) is 6. The molecule has 0 amide bonds. The molecular formula is C11H21N3O2. The highest BCUT2D eigenvalue weighted by Crippen LogP contribution is 2.06. The summed E-state index contributed by atoms with van der Waals surface area (Å²) in [5, 5.41) is 2.45. The van der Waals surface area contributed by atoms with Gasteiger partial charge in [0.25, 0.3) is 0 Å². The molecule has 0 unspecified atom stereocenters. The van der Waals surface area contributed by atoms with Gasteiger partial charge in [-0.25, -0.2) is 19.4 Å². The number of H-pyrrole nitrogens is 2. The van der Waals surface area contributed by atoms with Gasteiger partial charge < -0.3 is 0 Å². The van der Waals surface area contributed by atoms with Crippen molar-refractivity contribution in [1.29, 1.82) is 0 Å². The molecule has 2 N–H and O–H groups in total. The van der Waals surface area contributed by atoms with Crippen LogP contribution in [0.25, 0.3) is 0 Å². The van der Waals surface area contributed by atoms with Crippen molar-refractivity contribution in [3.63, 3.8) is 0 Å². The predicted octanol–water partition coefficient (Wildman–Crippen LogP) is 1.62. The Morgan fingerprint density at radius 1 is 1.00 bits per heavy atom. The number of aromatic amines is 2. The Labute approximate surface area is 94.9 Å². The van der Waals surface area contributed by atoms with Crippen molar-refractivity contribution in [1.82, 2.24) is 14.8 Å². The highest BCUT2D eigenvalue weighted by Gasteiger charge is 1.98. The summed E-state index contributed by atoms with van der Waals surface area (Å²) in [4.78, 5) is 24.1. The van der Waals surface area contributed by atoms with E-state index in [1.54, 1.807) is 0 Å². The van der Waals surface area contributed by atoms with Crippen LogP contribution in [0.1, 0.15) is 51.9 Å². The van der Waals surface area contributed by atoms with E-state index < -0.39 is 5.69 Å². The molecule has 0 aromatic carbocycles. The Balaban J connectivity index is 2.10. The van der Waals surface area contributed by atoms with Gasteiger partial charge >= 0.3 is 11.4 Å². The van der Waals surface area contributed by atoms with Gasteiger partial charge in [0, 0.05) is 6.54 Å². The molecule has 0 aliphatic rings. The molecule has 5 nitrogen and oxygen atoms in total. The Morgan fingerprint density at radius 3 is 2.19 bits per heavy atom. The highest BCUT2D eigenvalue weighted by atomic mass is 16.2. The summed E-state index contributed by atoms with van der Waals surface area (Å²) in [6.07, 6.45) is 8.42. The second-order valence-electron chi connectivity index (χ2n) is 4.14. The van der Waals surface area contributed by atoms with Gasteiger partial charge in [-0.1, -0.05) is 45.4 Å². The van der Waals surface area contributed by atoms with Gasteiger partial charge in [0.1, 0.15) is 0 Å². The minimum atomic E-state index is -0.423. The van der Waals surface area contributed by atoms with E-state index in [2.05, 4.69) is 17.0 Å². The minimum Gasteiger partial charge on any atom is -0.257 e. The van der Waals surface area contributed by atoms with Gasteiger partial charge in [-0.05, 0) is 6.42 Å². The van der Waals surface area contributed by atoms with Crippen LogP contribution in [-0.4, -0.2) is 14.8 Å². The number of nitrogens with one attached hydrogen (secondary N) is 2. The van der Waals surface area contributed by atoms with Gasteiger partial charge in [-0.2, -0.15) is 0 Å². The molecule has 1 rings (SSSR count). The van der Waals surface area contributed by atoms with Crippen LogP contribution in [0.3, 0.4) is 0 Å². The molecular weight excluding hydrogens is 206 g/mol. The van der Waals surface area contributed by atoms with Crippen molar-refractivity contribution in [2.24, 2.45) is 0 Å². The largest absolute Gasteiger partial charge is 0.344 e.